The zero-order chi connectivity index (χ0) is 14.4. The zero-order valence-electron chi connectivity index (χ0n) is 13.1. The molecule has 0 bridgehead atoms. The van der Waals surface area contributed by atoms with Gasteiger partial charge in [0.05, 0.1) is 12.0 Å². The fourth-order valence-electron chi connectivity index (χ4n) is 3.38. The summed E-state index contributed by atoms with van der Waals surface area (Å²) in [7, 11) is 1.75. The average molecular weight is 282 g/mol. The maximum Gasteiger partial charge on any atom is 0.225 e. The Morgan fingerprint density at radius 2 is 2.05 bits per heavy atom. The number of hydrogen-bond acceptors (Lipinski definition) is 3. The van der Waals surface area contributed by atoms with Crippen molar-refractivity contribution in [1.82, 2.24) is 10.2 Å². The number of ether oxygens (including phenoxy) is 1. The van der Waals surface area contributed by atoms with Gasteiger partial charge in [0, 0.05) is 20.2 Å². The van der Waals surface area contributed by atoms with Gasteiger partial charge in [0.15, 0.2) is 0 Å². The van der Waals surface area contributed by atoms with Gasteiger partial charge in [-0.05, 0) is 57.5 Å². The van der Waals surface area contributed by atoms with E-state index in [2.05, 4.69) is 17.1 Å². The van der Waals surface area contributed by atoms with E-state index in [4.69, 9.17) is 4.74 Å². The number of amides is 1. The predicted molar refractivity (Wildman–Crippen MR) is 80.7 cm³/mol. The van der Waals surface area contributed by atoms with Crippen molar-refractivity contribution in [2.75, 3.05) is 33.3 Å². The van der Waals surface area contributed by atoms with E-state index in [1.54, 1.807) is 7.11 Å². The third-order valence-corrected chi connectivity index (χ3v) is 4.95. The molecule has 2 rings (SSSR count). The van der Waals surface area contributed by atoms with Gasteiger partial charge in [-0.25, -0.2) is 0 Å². The van der Waals surface area contributed by atoms with E-state index in [9.17, 15) is 4.79 Å². The average Bonchev–Trinajstić information content (AvgIpc) is 2.43. The number of piperidine rings is 1. The van der Waals surface area contributed by atoms with Crippen molar-refractivity contribution < 1.29 is 9.53 Å². The summed E-state index contributed by atoms with van der Waals surface area (Å²) in [6, 6.07) is 0. The smallest absolute Gasteiger partial charge is 0.225 e. The molecule has 1 aliphatic heterocycles. The first-order valence-corrected chi connectivity index (χ1v) is 8.23. The molecule has 116 valence electrons. The number of rotatable bonds is 7. The number of hydrogen-bond donors (Lipinski definition) is 1. The molecule has 1 aliphatic carbocycles. The van der Waals surface area contributed by atoms with Crippen molar-refractivity contribution in [3.8, 4) is 0 Å². The molecule has 0 atom stereocenters. The summed E-state index contributed by atoms with van der Waals surface area (Å²) in [6.07, 6.45) is 7.30. The fraction of sp³-hybridized carbons (Fsp3) is 0.938. The monoisotopic (exact) mass is 282 g/mol. The molecule has 1 N–H and O–H groups in total. The first kappa shape index (κ1) is 15.8. The molecule has 1 saturated carbocycles. The van der Waals surface area contributed by atoms with E-state index in [1.807, 2.05) is 0 Å². The van der Waals surface area contributed by atoms with Crippen LogP contribution in [0.25, 0.3) is 0 Å². The largest absolute Gasteiger partial charge is 0.378 e. The van der Waals surface area contributed by atoms with Gasteiger partial charge >= 0.3 is 0 Å². The minimum Gasteiger partial charge on any atom is -0.378 e. The molecule has 1 amide bonds. The third-order valence-electron chi connectivity index (χ3n) is 4.95. The Morgan fingerprint density at radius 1 is 1.35 bits per heavy atom. The molecule has 0 unspecified atom stereocenters. The lowest BCUT2D eigenvalue weighted by Crippen LogP contribution is -2.47. The topological polar surface area (TPSA) is 41.6 Å². The maximum absolute atomic E-state index is 12.6. The third kappa shape index (κ3) is 3.95. The van der Waals surface area contributed by atoms with Crippen LogP contribution >= 0.6 is 0 Å². The molecule has 0 aromatic carbocycles. The first-order valence-electron chi connectivity index (χ1n) is 8.23. The molecule has 4 heteroatoms. The van der Waals surface area contributed by atoms with Gasteiger partial charge in [0.25, 0.3) is 0 Å². The summed E-state index contributed by atoms with van der Waals surface area (Å²) in [5, 5.41) is 3.39. The van der Waals surface area contributed by atoms with E-state index in [0.717, 1.165) is 45.4 Å². The zero-order valence-corrected chi connectivity index (χ0v) is 13.1. The number of carbonyl (C=O) groups is 1. The van der Waals surface area contributed by atoms with Crippen molar-refractivity contribution in [2.24, 2.45) is 5.92 Å². The predicted octanol–water partition coefficient (Wildman–Crippen LogP) is 2.18. The molecule has 0 radical (unpaired) electrons. The number of methoxy groups -OCH3 is 1. The molecule has 0 aromatic heterocycles. The van der Waals surface area contributed by atoms with Crippen LogP contribution in [0.15, 0.2) is 0 Å². The molecule has 20 heavy (non-hydrogen) atoms. The lowest BCUT2D eigenvalue weighted by atomic mass is 9.77. The van der Waals surface area contributed by atoms with Crippen LogP contribution in [-0.2, 0) is 9.53 Å². The summed E-state index contributed by atoms with van der Waals surface area (Å²) >= 11 is 0. The Balaban J connectivity index is 1.87. The Kier molecular flexibility index (Phi) is 5.85. The fourth-order valence-corrected chi connectivity index (χ4v) is 3.38. The molecule has 0 aromatic rings. The van der Waals surface area contributed by atoms with E-state index in [0.29, 0.717) is 18.2 Å². The Morgan fingerprint density at radius 3 is 2.55 bits per heavy atom. The highest BCUT2D eigenvalue weighted by Crippen LogP contribution is 2.38. The van der Waals surface area contributed by atoms with Crippen LogP contribution < -0.4 is 5.32 Å². The molecule has 1 saturated heterocycles. The van der Waals surface area contributed by atoms with E-state index in [-0.39, 0.29) is 5.60 Å². The minimum absolute atomic E-state index is 0.142. The minimum atomic E-state index is -0.142. The van der Waals surface area contributed by atoms with Gasteiger partial charge in [-0.3, -0.25) is 4.79 Å². The normalized spacial score (nSPS) is 22.3. The van der Waals surface area contributed by atoms with Crippen LogP contribution in [0.4, 0.5) is 0 Å². The van der Waals surface area contributed by atoms with E-state index in [1.165, 1.54) is 19.3 Å². The van der Waals surface area contributed by atoms with Gasteiger partial charge in [0.2, 0.25) is 5.91 Å². The molecule has 0 spiro atoms. The van der Waals surface area contributed by atoms with Crippen molar-refractivity contribution in [3.63, 3.8) is 0 Å². The van der Waals surface area contributed by atoms with Crippen LogP contribution in [0.5, 0.6) is 0 Å². The van der Waals surface area contributed by atoms with E-state index < -0.39 is 0 Å². The highest BCUT2D eigenvalue weighted by Gasteiger charge is 2.40. The van der Waals surface area contributed by atoms with Crippen molar-refractivity contribution in [1.29, 1.82) is 0 Å². The summed E-state index contributed by atoms with van der Waals surface area (Å²) in [4.78, 5) is 14.7. The summed E-state index contributed by atoms with van der Waals surface area (Å²) in [5.74, 6) is 0.971. The second-order valence-corrected chi connectivity index (χ2v) is 6.45. The van der Waals surface area contributed by atoms with Gasteiger partial charge < -0.3 is 15.0 Å². The second kappa shape index (κ2) is 7.41. The van der Waals surface area contributed by atoms with Crippen molar-refractivity contribution >= 4 is 5.91 Å². The van der Waals surface area contributed by atoms with E-state index >= 15 is 0 Å². The van der Waals surface area contributed by atoms with Crippen molar-refractivity contribution in [2.45, 2.75) is 57.5 Å². The maximum atomic E-state index is 12.6. The Labute approximate surface area is 123 Å². The van der Waals surface area contributed by atoms with Crippen LogP contribution in [0.1, 0.15) is 51.9 Å². The van der Waals surface area contributed by atoms with Gasteiger partial charge in [-0.15, -0.1) is 0 Å². The van der Waals surface area contributed by atoms with Crippen LogP contribution in [-0.4, -0.2) is 49.7 Å². The lowest BCUT2D eigenvalue weighted by molar-refractivity contribution is -0.144. The summed E-state index contributed by atoms with van der Waals surface area (Å²) < 4.78 is 5.61. The molecular formula is C16H30N2O2. The Hall–Kier alpha value is -0.610. The molecule has 2 fully saturated rings. The lowest BCUT2D eigenvalue weighted by Gasteiger charge is -2.41. The highest BCUT2D eigenvalue weighted by atomic mass is 16.5. The summed E-state index contributed by atoms with van der Waals surface area (Å²) in [5.41, 5.74) is -0.142. The second-order valence-electron chi connectivity index (χ2n) is 6.45. The van der Waals surface area contributed by atoms with Crippen LogP contribution in [0.3, 0.4) is 0 Å². The number of nitrogens with zero attached hydrogens (tertiary/aromatic N) is 1. The highest BCUT2D eigenvalue weighted by molar-refractivity contribution is 5.77. The SMILES string of the molecule is CCCN(CC1CCNCC1)C(=O)CC1(OC)CCC1. The quantitative estimate of drug-likeness (QED) is 0.778. The standard InChI is InChI=1S/C16H30N2O2/c1-3-11-18(13-14-5-9-17-10-6-14)15(19)12-16(20-2)7-4-8-16/h14,17H,3-13H2,1-2H3. The number of nitrogens with one attached hydrogen (secondary N) is 1. The van der Waals surface area contributed by atoms with Crippen molar-refractivity contribution in [3.05, 3.63) is 0 Å². The van der Waals surface area contributed by atoms with Gasteiger partial charge in [-0.2, -0.15) is 0 Å². The molecular weight excluding hydrogens is 252 g/mol. The van der Waals surface area contributed by atoms with Gasteiger partial charge in [-0.1, -0.05) is 6.92 Å². The van der Waals surface area contributed by atoms with Crippen LogP contribution in [0, 0.1) is 5.92 Å². The Bertz CT molecular complexity index is 304. The molecule has 1 heterocycles. The first-order chi connectivity index (χ1) is 9.69. The molecule has 4 nitrogen and oxygen atoms in total. The van der Waals surface area contributed by atoms with Crippen LogP contribution in [0.2, 0.25) is 0 Å². The number of carbonyl (C=O) groups excluding carboxylic acids is 1. The molecule has 2 aliphatic rings. The summed E-state index contributed by atoms with van der Waals surface area (Å²) in [6.45, 7) is 6.18. The van der Waals surface area contributed by atoms with Gasteiger partial charge in [0.1, 0.15) is 0 Å².